The molecule has 2 aromatic rings. The van der Waals surface area contributed by atoms with Crippen molar-refractivity contribution in [3.05, 3.63) is 69.8 Å². The molecule has 2 aromatic carbocycles. The third-order valence-electron chi connectivity index (χ3n) is 4.33. The minimum atomic E-state index is 0.714. The van der Waals surface area contributed by atoms with E-state index < -0.39 is 0 Å². The fourth-order valence-electron chi connectivity index (χ4n) is 3.18. The molecule has 0 aromatic heterocycles. The van der Waals surface area contributed by atoms with Crippen LogP contribution in [0, 0.1) is 6.92 Å². The van der Waals surface area contributed by atoms with Crippen molar-refractivity contribution < 1.29 is 0 Å². The van der Waals surface area contributed by atoms with Crippen LogP contribution in [0.15, 0.2) is 36.4 Å². The Bertz CT molecular complexity index is 631. The van der Waals surface area contributed by atoms with Crippen LogP contribution in [0.2, 0.25) is 0 Å². The fraction of sp³-hybridized carbons (Fsp3) is 0.368. The predicted octanol–water partition coefficient (Wildman–Crippen LogP) is 2.73. The van der Waals surface area contributed by atoms with Gasteiger partial charge < -0.3 is 11.1 Å². The first kappa shape index (κ1) is 14.3. The van der Waals surface area contributed by atoms with E-state index in [1.807, 2.05) is 0 Å². The largest absolute Gasteiger partial charge is 0.330 e. The molecule has 0 aliphatic carbocycles. The van der Waals surface area contributed by atoms with Gasteiger partial charge in [-0.15, -0.1) is 0 Å². The second-order valence-corrected chi connectivity index (χ2v) is 6.02. The molecule has 3 N–H and O–H groups in total. The highest BCUT2D eigenvalue weighted by atomic mass is 14.9. The topological polar surface area (TPSA) is 38.0 Å². The zero-order valence-electron chi connectivity index (χ0n) is 12.8. The van der Waals surface area contributed by atoms with Crippen LogP contribution >= 0.6 is 0 Å². The summed E-state index contributed by atoms with van der Waals surface area (Å²) in [5, 5.41) is 3.43. The SMILES string of the molecule is Cc1ccc(CCN)c(Cc2ccc3c(c2)CCNC3)c1. The maximum absolute atomic E-state index is 5.75. The average Bonchev–Trinajstić information content (AvgIpc) is 2.50. The zero-order valence-corrected chi connectivity index (χ0v) is 12.8. The van der Waals surface area contributed by atoms with E-state index in [1.54, 1.807) is 0 Å². The molecular formula is C19H24N2. The monoisotopic (exact) mass is 280 g/mol. The van der Waals surface area contributed by atoms with E-state index in [-0.39, 0.29) is 0 Å². The van der Waals surface area contributed by atoms with Crippen molar-refractivity contribution >= 4 is 0 Å². The van der Waals surface area contributed by atoms with Gasteiger partial charge in [0.15, 0.2) is 0 Å². The number of hydrogen-bond acceptors (Lipinski definition) is 2. The van der Waals surface area contributed by atoms with Gasteiger partial charge in [-0.2, -0.15) is 0 Å². The minimum Gasteiger partial charge on any atom is -0.330 e. The number of hydrogen-bond donors (Lipinski definition) is 2. The summed E-state index contributed by atoms with van der Waals surface area (Å²) in [6.45, 7) is 4.98. The molecule has 1 aliphatic heterocycles. The van der Waals surface area contributed by atoms with Gasteiger partial charge in [-0.1, -0.05) is 42.0 Å². The Labute approximate surface area is 127 Å². The molecule has 21 heavy (non-hydrogen) atoms. The van der Waals surface area contributed by atoms with Crippen LogP contribution in [0.25, 0.3) is 0 Å². The summed E-state index contributed by atoms with van der Waals surface area (Å²) in [6, 6.07) is 13.7. The van der Waals surface area contributed by atoms with Crippen LogP contribution in [-0.4, -0.2) is 13.1 Å². The van der Waals surface area contributed by atoms with Crippen molar-refractivity contribution in [1.29, 1.82) is 0 Å². The molecule has 0 saturated carbocycles. The number of benzene rings is 2. The number of nitrogens with one attached hydrogen (secondary N) is 1. The zero-order chi connectivity index (χ0) is 14.7. The molecule has 0 amide bonds. The minimum absolute atomic E-state index is 0.714. The van der Waals surface area contributed by atoms with Crippen LogP contribution in [0.5, 0.6) is 0 Å². The molecule has 0 fully saturated rings. The molecule has 1 aliphatic rings. The molecule has 0 unspecified atom stereocenters. The van der Waals surface area contributed by atoms with Crippen LogP contribution in [0.1, 0.15) is 33.4 Å². The standard InChI is InChI=1S/C19H24N2/c1-14-2-4-16(6-8-20)19(10-14)12-15-3-5-18-13-21-9-7-17(18)11-15/h2-5,10-11,21H,6-9,12-13,20H2,1H3. The Morgan fingerprint density at radius 2 is 1.95 bits per heavy atom. The molecule has 1 heterocycles. The van der Waals surface area contributed by atoms with Crippen molar-refractivity contribution in [2.45, 2.75) is 32.7 Å². The van der Waals surface area contributed by atoms with E-state index >= 15 is 0 Å². The molecule has 0 saturated heterocycles. The normalized spacial score (nSPS) is 14.0. The molecule has 2 nitrogen and oxygen atoms in total. The van der Waals surface area contributed by atoms with Crippen LogP contribution < -0.4 is 11.1 Å². The first-order valence-electron chi connectivity index (χ1n) is 7.86. The third kappa shape index (κ3) is 3.34. The van der Waals surface area contributed by atoms with E-state index in [0.29, 0.717) is 6.54 Å². The van der Waals surface area contributed by atoms with Crippen molar-refractivity contribution in [2.75, 3.05) is 13.1 Å². The lowest BCUT2D eigenvalue weighted by Crippen LogP contribution is -2.23. The third-order valence-corrected chi connectivity index (χ3v) is 4.33. The van der Waals surface area contributed by atoms with Gasteiger partial charge in [0.1, 0.15) is 0 Å². The number of nitrogens with two attached hydrogens (primary N) is 1. The number of fused-ring (bicyclic) bond motifs is 1. The van der Waals surface area contributed by atoms with E-state index in [1.165, 1.54) is 33.4 Å². The van der Waals surface area contributed by atoms with Gasteiger partial charge in [0, 0.05) is 6.54 Å². The first-order chi connectivity index (χ1) is 10.3. The molecule has 3 rings (SSSR count). The van der Waals surface area contributed by atoms with Crippen LogP contribution in [0.4, 0.5) is 0 Å². The van der Waals surface area contributed by atoms with Gasteiger partial charge >= 0.3 is 0 Å². The van der Waals surface area contributed by atoms with Crippen LogP contribution in [0.3, 0.4) is 0 Å². The summed E-state index contributed by atoms with van der Waals surface area (Å²) in [6.07, 6.45) is 3.12. The summed E-state index contributed by atoms with van der Waals surface area (Å²) in [5.41, 5.74) is 14.3. The second-order valence-electron chi connectivity index (χ2n) is 6.02. The molecule has 2 heteroatoms. The summed E-state index contributed by atoms with van der Waals surface area (Å²) >= 11 is 0. The summed E-state index contributed by atoms with van der Waals surface area (Å²) in [5.74, 6) is 0. The van der Waals surface area contributed by atoms with Gasteiger partial charge in [-0.3, -0.25) is 0 Å². The lowest BCUT2D eigenvalue weighted by Gasteiger charge is -2.18. The molecule has 110 valence electrons. The van der Waals surface area contributed by atoms with E-state index in [2.05, 4.69) is 48.6 Å². The second kappa shape index (κ2) is 6.42. The van der Waals surface area contributed by atoms with Crippen LogP contribution in [-0.2, 0) is 25.8 Å². The molecular weight excluding hydrogens is 256 g/mol. The Balaban J connectivity index is 1.87. The lowest BCUT2D eigenvalue weighted by atomic mass is 9.92. The predicted molar refractivity (Wildman–Crippen MR) is 88.6 cm³/mol. The maximum atomic E-state index is 5.75. The molecule has 0 spiro atoms. The Morgan fingerprint density at radius 1 is 1.05 bits per heavy atom. The highest BCUT2D eigenvalue weighted by molar-refractivity contribution is 5.39. The van der Waals surface area contributed by atoms with Gasteiger partial charge in [-0.25, -0.2) is 0 Å². The summed E-state index contributed by atoms with van der Waals surface area (Å²) in [7, 11) is 0. The number of aryl methyl sites for hydroxylation is 1. The molecule has 0 radical (unpaired) electrons. The number of rotatable bonds is 4. The van der Waals surface area contributed by atoms with Crippen molar-refractivity contribution in [3.63, 3.8) is 0 Å². The Kier molecular flexibility index (Phi) is 4.37. The van der Waals surface area contributed by atoms with Gasteiger partial charge in [0.25, 0.3) is 0 Å². The highest BCUT2D eigenvalue weighted by Crippen LogP contribution is 2.21. The first-order valence-corrected chi connectivity index (χ1v) is 7.86. The average molecular weight is 280 g/mol. The van der Waals surface area contributed by atoms with Gasteiger partial charge in [0.2, 0.25) is 0 Å². The van der Waals surface area contributed by atoms with E-state index in [9.17, 15) is 0 Å². The quantitative estimate of drug-likeness (QED) is 0.904. The van der Waals surface area contributed by atoms with Gasteiger partial charge in [0.05, 0.1) is 0 Å². The van der Waals surface area contributed by atoms with Crippen molar-refractivity contribution in [2.24, 2.45) is 5.73 Å². The molecule has 0 bridgehead atoms. The Morgan fingerprint density at radius 3 is 2.81 bits per heavy atom. The van der Waals surface area contributed by atoms with E-state index in [0.717, 1.165) is 32.4 Å². The lowest BCUT2D eigenvalue weighted by molar-refractivity contribution is 0.643. The summed E-state index contributed by atoms with van der Waals surface area (Å²) in [4.78, 5) is 0. The smallest absolute Gasteiger partial charge is 0.0208 e. The highest BCUT2D eigenvalue weighted by Gasteiger charge is 2.10. The van der Waals surface area contributed by atoms with E-state index in [4.69, 9.17) is 5.73 Å². The Hall–Kier alpha value is -1.64. The molecule has 0 atom stereocenters. The van der Waals surface area contributed by atoms with Gasteiger partial charge in [-0.05, 0) is 67.1 Å². The van der Waals surface area contributed by atoms with Crippen molar-refractivity contribution in [1.82, 2.24) is 5.32 Å². The maximum Gasteiger partial charge on any atom is 0.0208 e. The fourth-order valence-corrected chi connectivity index (χ4v) is 3.18. The van der Waals surface area contributed by atoms with Crippen molar-refractivity contribution in [3.8, 4) is 0 Å². The summed E-state index contributed by atoms with van der Waals surface area (Å²) < 4.78 is 0.